The van der Waals surface area contributed by atoms with Gasteiger partial charge in [-0.2, -0.15) is 0 Å². The van der Waals surface area contributed by atoms with E-state index in [1.807, 2.05) is 6.07 Å². The van der Waals surface area contributed by atoms with Crippen molar-refractivity contribution in [3.63, 3.8) is 0 Å². The summed E-state index contributed by atoms with van der Waals surface area (Å²) in [5.74, 6) is 0.893. The maximum atomic E-state index is 5.77. The van der Waals surface area contributed by atoms with Gasteiger partial charge in [0.05, 0.1) is 6.54 Å². The molecule has 104 valence electrons. The predicted octanol–water partition coefficient (Wildman–Crippen LogP) is 2.73. The van der Waals surface area contributed by atoms with E-state index in [2.05, 4.69) is 27.5 Å². The smallest absolute Gasteiger partial charge is 0.191 e. The number of aliphatic imine (C=N–C) groups is 1. The number of pyridine rings is 1. The molecule has 0 radical (unpaired) electrons. The van der Waals surface area contributed by atoms with Crippen LogP contribution in [0, 0.1) is 0 Å². The molecule has 1 heterocycles. The molecule has 2 N–H and O–H groups in total. The second kappa shape index (κ2) is 7.34. The minimum atomic E-state index is 0.517. The largest absolute Gasteiger partial charge is 0.357 e. The Labute approximate surface area is 119 Å². The number of aromatic nitrogens is 1. The SMILES string of the molecule is CCNC(=NCc1ccc(Cl)nc1)NC1CCCC1. The molecule has 0 saturated heterocycles. The molecule has 0 spiro atoms. The van der Waals surface area contributed by atoms with Crippen LogP contribution in [0.3, 0.4) is 0 Å². The van der Waals surface area contributed by atoms with Crippen LogP contribution in [0.25, 0.3) is 0 Å². The Morgan fingerprint density at radius 1 is 1.42 bits per heavy atom. The monoisotopic (exact) mass is 280 g/mol. The van der Waals surface area contributed by atoms with Crippen molar-refractivity contribution in [3.8, 4) is 0 Å². The van der Waals surface area contributed by atoms with Crippen molar-refractivity contribution in [2.45, 2.75) is 45.2 Å². The third-order valence-corrected chi connectivity index (χ3v) is 3.47. The van der Waals surface area contributed by atoms with E-state index in [-0.39, 0.29) is 0 Å². The van der Waals surface area contributed by atoms with E-state index in [4.69, 9.17) is 11.6 Å². The summed E-state index contributed by atoms with van der Waals surface area (Å²) in [6.07, 6.45) is 6.89. The molecule has 1 saturated carbocycles. The highest BCUT2D eigenvalue weighted by Crippen LogP contribution is 2.17. The lowest BCUT2D eigenvalue weighted by atomic mass is 10.2. The van der Waals surface area contributed by atoms with Gasteiger partial charge in [-0.25, -0.2) is 9.98 Å². The molecule has 1 aliphatic rings. The van der Waals surface area contributed by atoms with Gasteiger partial charge in [0.1, 0.15) is 5.15 Å². The number of hydrogen-bond acceptors (Lipinski definition) is 2. The second-order valence-corrected chi connectivity index (χ2v) is 5.20. The molecule has 19 heavy (non-hydrogen) atoms. The summed E-state index contributed by atoms with van der Waals surface area (Å²) < 4.78 is 0. The minimum absolute atomic E-state index is 0.517. The molecule has 0 unspecified atom stereocenters. The van der Waals surface area contributed by atoms with Crippen molar-refractivity contribution >= 4 is 17.6 Å². The van der Waals surface area contributed by atoms with Crippen LogP contribution >= 0.6 is 11.6 Å². The first-order valence-electron chi connectivity index (χ1n) is 6.93. The average Bonchev–Trinajstić information content (AvgIpc) is 2.91. The Bertz CT molecular complexity index is 410. The lowest BCUT2D eigenvalue weighted by Crippen LogP contribution is -2.42. The number of halogens is 1. The minimum Gasteiger partial charge on any atom is -0.357 e. The van der Waals surface area contributed by atoms with E-state index in [0.29, 0.717) is 17.7 Å². The van der Waals surface area contributed by atoms with Crippen LogP contribution < -0.4 is 10.6 Å². The Balaban J connectivity index is 1.92. The molecule has 0 bridgehead atoms. The number of guanidine groups is 1. The highest BCUT2D eigenvalue weighted by atomic mass is 35.5. The first-order chi connectivity index (χ1) is 9.28. The van der Waals surface area contributed by atoms with Crippen molar-refractivity contribution in [1.82, 2.24) is 15.6 Å². The van der Waals surface area contributed by atoms with Crippen LogP contribution in [0.15, 0.2) is 23.3 Å². The van der Waals surface area contributed by atoms with Crippen LogP contribution in [0.2, 0.25) is 5.15 Å². The molecule has 0 aromatic carbocycles. The third-order valence-electron chi connectivity index (χ3n) is 3.25. The molecular weight excluding hydrogens is 260 g/mol. The highest BCUT2D eigenvalue weighted by Gasteiger charge is 2.15. The summed E-state index contributed by atoms with van der Waals surface area (Å²) in [4.78, 5) is 8.65. The van der Waals surface area contributed by atoms with Crippen LogP contribution in [-0.2, 0) is 6.54 Å². The van der Waals surface area contributed by atoms with Gasteiger partial charge in [-0.3, -0.25) is 0 Å². The van der Waals surface area contributed by atoms with Crippen molar-refractivity contribution in [2.24, 2.45) is 4.99 Å². The molecule has 1 fully saturated rings. The van der Waals surface area contributed by atoms with Gasteiger partial charge in [0.15, 0.2) is 5.96 Å². The van der Waals surface area contributed by atoms with E-state index >= 15 is 0 Å². The summed E-state index contributed by atoms with van der Waals surface area (Å²) in [5.41, 5.74) is 1.06. The summed E-state index contributed by atoms with van der Waals surface area (Å²) in [6, 6.07) is 4.32. The van der Waals surface area contributed by atoms with Gasteiger partial charge in [0, 0.05) is 18.8 Å². The fraction of sp³-hybridized carbons (Fsp3) is 0.571. The predicted molar refractivity (Wildman–Crippen MR) is 79.5 cm³/mol. The molecule has 1 aromatic heterocycles. The molecule has 1 aliphatic carbocycles. The van der Waals surface area contributed by atoms with E-state index in [1.165, 1.54) is 25.7 Å². The number of nitrogens with one attached hydrogen (secondary N) is 2. The summed E-state index contributed by atoms with van der Waals surface area (Å²) >= 11 is 5.77. The summed E-state index contributed by atoms with van der Waals surface area (Å²) in [5, 5.41) is 7.29. The lowest BCUT2D eigenvalue weighted by molar-refractivity contribution is 0.614. The van der Waals surface area contributed by atoms with Crippen LogP contribution in [0.4, 0.5) is 0 Å². The van der Waals surface area contributed by atoms with Crippen molar-refractivity contribution in [2.75, 3.05) is 6.54 Å². The zero-order valence-electron chi connectivity index (χ0n) is 11.3. The van der Waals surface area contributed by atoms with Gasteiger partial charge in [-0.15, -0.1) is 0 Å². The fourth-order valence-electron chi connectivity index (χ4n) is 2.25. The number of rotatable bonds is 4. The Hall–Kier alpha value is -1.29. The van der Waals surface area contributed by atoms with Gasteiger partial charge in [-0.05, 0) is 31.4 Å². The molecule has 2 rings (SSSR count). The Morgan fingerprint density at radius 2 is 2.21 bits per heavy atom. The van der Waals surface area contributed by atoms with Crippen molar-refractivity contribution < 1.29 is 0 Å². The van der Waals surface area contributed by atoms with Crippen molar-refractivity contribution in [3.05, 3.63) is 29.0 Å². The quantitative estimate of drug-likeness (QED) is 0.506. The van der Waals surface area contributed by atoms with Crippen LogP contribution in [0.1, 0.15) is 38.2 Å². The van der Waals surface area contributed by atoms with E-state index in [0.717, 1.165) is 18.1 Å². The molecule has 0 amide bonds. The van der Waals surface area contributed by atoms with Gasteiger partial charge < -0.3 is 10.6 Å². The van der Waals surface area contributed by atoms with E-state index in [9.17, 15) is 0 Å². The lowest BCUT2D eigenvalue weighted by Gasteiger charge is -2.16. The maximum Gasteiger partial charge on any atom is 0.191 e. The normalized spacial score (nSPS) is 16.6. The third kappa shape index (κ3) is 4.71. The standard InChI is InChI=1S/C14H21ClN4/c1-2-16-14(19-12-5-3-4-6-12)18-10-11-7-8-13(15)17-9-11/h7-9,12H,2-6,10H2,1H3,(H2,16,18,19). The highest BCUT2D eigenvalue weighted by molar-refractivity contribution is 6.29. The molecule has 5 heteroatoms. The molecule has 4 nitrogen and oxygen atoms in total. The summed E-state index contributed by atoms with van der Waals surface area (Å²) in [6.45, 7) is 3.57. The number of hydrogen-bond donors (Lipinski definition) is 2. The molecule has 1 aromatic rings. The molecule has 0 aliphatic heterocycles. The maximum absolute atomic E-state index is 5.77. The zero-order valence-corrected chi connectivity index (χ0v) is 12.1. The van der Waals surface area contributed by atoms with Gasteiger partial charge in [0.25, 0.3) is 0 Å². The first-order valence-corrected chi connectivity index (χ1v) is 7.31. The van der Waals surface area contributed by atoms with Crippen molar-refractivity contribution in [1.29, 1.82) is 0 Å². The average molecular weight is 281 g/mol. The fourth-order valence-corrected chi connectivity index (χ4v) is 2.37. The van der Waals surface area contributed by atoms with Gasteiger partial charge in [0.2, 0.25) is 0 Å². The van der Waals surface area contributed by atoms with E-state index < -0.39 is 0 Å². The van der Waals surface area contributed by atoms with Gasteiger partial charge >= 0.3 is 0 Å². The van der Waals surface area contributed by atoms with E-state index in [1.54, 1.807) is 12.3 Å². The second-order valence-electron chi connectivity index (χ2n) is 4.81. The summed E-state index contributed by atoms with van der Waals surface area (Å²) in [7, 11) is 0. The topological polar surface area (TPSA) is 49.3 Å². The molecular formula is C14H21ClN4. The number of nitrogens with zero attached hydrogens (tertiary/aromatic N) is 2. The molecule has 0 atom stereocenters. The van der Waals surface area contributed by atoms with Crippen LogP contribution in [-0.4, -0.2) is 23.5 Å². The van der Waals surface area contributed by atoms with Gasteiger partial charge in [-0.1, -0.05) is 30.5 Å². The Morgan fingerprint density at radius 3 is 2.84 bits per heavy atom. The Kier molecular flexibility index (Phi) is 5.45. The van der Waals surface area contributed by atoms with Crippen LogP contribution in [0.5, 0.6) is 0 Å². The first kappa shape index (κ1) is 14.1. The zero-order chi connectivity index (χ0) is 13.5.